The molecule has 32 heavy (non-hydrogen) atoms. The van der Waals surface area contributed by atoms with E-state index in [0.717, 1.165) is 16.8 Å². The molecule has 0 saturated carbocycles. The summed E-state index contributed by atoms with van der Waals surface area (Å²) in [6, 6.07) is 13.1. The van der Waals surface area contributed by atoms with Crippen LogP contribution in [0.1, 0.15) is 42.3 Å². The SMILES string of the molecule is Cc1ccccc1N1CCc2cc(OC/C(=C\F)CNC(=O)OC(C)(C)C)ccc2C1=O. The topological polar surface area (TPSA) is 67.9 Å². The third kappa shape index (κ3) is 5.87. The number of nitrogens with zero attached hydrogens (tertiary/aromatic N) is 1. The van der Waals surface area contributed by atoms with Gasteiger partial charge >= 0.3 is 6.09 Å². The number of nitrogens with one attached hydrogen (secondary N) is 1. The van der Waals surface area contributed by atoms with Crippen molar-refractivity contribution in [3.8, 4) is 5.75 Å². The monoisotopic (exact) mass is 440 g/mol. The Morgan fingerprint density at radius 3 is 2.66 bits per heavy atom. The third-order valence-corrected chi connectivity index (χ3v) is 5.00. The van der Waals surface area contributed by atoms with E-state index < -0.39 is 11.7 Å². The highest BCUT2D eigenvalue weighted by atomic mass is 19.1. The number of carbonyl (C=O) groups is 2. The molecule has 170 valence electrons. The summed E-state index contributed by atoms with van der Waals surface area (Å²) in [4.78, 5) is 26.5. The highest BCUT2D eigenvalue weighted by molar-refractivity contribution is 6.08. The molecule has 0 spiro atoms. The summed E-state index contributed by atoms with van der Waals surface area (Å²) in [6.07, 6.45) is 0.486. The van der Waals surface area contributed by atoms with Gasteiger partial charge in [0.1, 0.15) is 18.0 Å². The fourth-order valence-electron chi connectivity index (χ4n) is 3.45. The van der Waals surface area contributed by atoms with Gasteiger partial charge < -0.3 is 19.7 Å². The molecule has 2 aromatic carbocycles. The molecular formula is C25H29FN2O4. The average molecular weight is 441 g/mol. The van der Waals surface area contributed by atoms with Crippen molar-refractivity contribution in [2.75, 3.05) is 24.6 Å². The van der Waals surface area contributed by atoms with Crippen LogP contribution in [0.2, 0.25) is 0 Å². The zero-order valence-electron chi connectivity index (χ0n) is 18.9. The van der Waals surface area contributed by atoms with Crippen molar-refractivity contribution in [2.24, 2.45) is 0 Å². The maximum atomic E-state index is 13.2. The molecule has 7 heteroatoms. The van der Waals surface area contributed by atoms with E-state index in [1.807, 2.05) is 37.3 Å². The highest BCUT2D eigenvalue weighted by Crippen LogP contribution is 2.29. The Labute approximate surface area is 188 Å². The summed E-state index contributed by atoms with van der Waals surface area (Å²) in [6.45, 7) is 7.76. The summed E-state index contributed by atoms with van der Waals surface area (Å²) in [5, 5.41) is 2.51. The maximum Gasteiger partial charge on any atom is 0.407 e. The van der Waals surface area contributed by atoms with Crippen molar-refractivity contribution in [1.29, 1.82) is 0 Å². The largest absolute Gasteiger partial charge is 0.489 e. The van der Waals surface area contributed by atoms with Crippen LogP contribution in [0.4, 0.5) is 14.9 Å². The van der Waals surface area contributed by atoms with Crippen LogP contribution in [0.25, 0.3) is 0 Å². The Balaban J connectivity index is 1.60. The molecule has 0 aromatic heterocycles. The van der Waals surface area contributed by atoms with Crippen LogP contribution in [0, 0.1) is 6.92 Å². The second-order valence-corrected chi connectivity index (χ2v) is 8.72. The quantitative estimate of drug-likeness (QED) is 0.690. The van der Waals surface area contributed by atoms with Gasteiger partial charge in [0.25, 0.3) is 5.91 Å². The predicted octanol–water partition coefficient (Wildman–Crippen LogP) is 4.95. The van der Waals surface area contributed by atoms with Gasteiger partial charge in [-0.2, -0.15) is 0 Å². The normalized spacial score (nSPS) is 14.1. The third-order valence-electron chi connectivity index (χ3n) is 5.00. The Morgan fingerprint density at radius 2 is 1.97 bits per heavy atom. The minimum atomic E-state index is -0.629. The molecule has 0 atom stereocenters. The average Bonchev–Trinajstić information content (AvgIpc) is 2.73. The number of hydrogen-bond acceptors (Lipinski definition) is 4. The van der Waals surface area contributed by atoms with Crippen LogP contribution in [0.5, 0.6) is 5.75 Å². The first-order valence-electron chi connectivity index (χ1n) is 10.6. The van der Waals surface area contributed by atoms with E-state index in [0.29, 0.717) is 30.6 Å². The lowest BCUT2D eigenvalue weighted by atomic mass is 9.97. The number of anilines is 1. The number of hydrogen-bond donors (Lipinski definition) is 1. The highest BCUT2D eigenvalue weighted by Gasteiger charge is 2.26. The van der Waals surface area contributed by atoms with Crippen molar-refractivity contribution < 1.29 is 23.5 Å². The van der Waals surface area contributed by atoms with Crippen LogP contribution in [0.3, 0.4) is 0 Å². The van der Waals surface area contributed by atoms with Crippen molar-refractivity contribution >= 4 is 17.7 Å². The number of para-hydroxylation sites is 1. The fraction of sp³-hybridized carbons (Fsp3) is 0.360. The summed E-state index contributed by atoms with van der Waals surface area (Å²) in [5.41, 5.74) is 3.13. The second-order valence-electron chi connectivity index (χ2n) is 8.72. The molecule has 0 fully saturated rings. The minimum absolute atomic E-state index is 0.0276. The van der Waals surface area contributed by atoms with E-state index in [9.17, 15) is 14.0 Å². The van der Waals surface area contributed by atoms with Crippen LogP contribution < -0.4 is 15.0 Å². The van der Waals surface area contributed by atoms with Gasteiger partial charge in [0, 0.05) is 29.9 Å². The number of rotatable bonds is 6. The van der Waals surface area contributed by atoms with Gasteiger partial charge in [0.2, 0.25) is 0 Å². The van der Waals surface area contributed by atoms with E-state index >= 15 is 0 Å². The molecule has 1 aliphatic rings. The van der Waals surface area contributed by atoms with Crippen molar-refractivity contribution in [3.05, 3.63) is 71.1 Å². The molecule has 2 aromatic rings. The minimum Gasteiger partial charge on any atom is -0.489 e. The van der Waals surface area contributed by atoms with Crippen LogP contribution in [0.15, 0.2) is 54.4 Å². The zero-order chi connectivity index (χ0) is 23.3. The van der Waals surface area contributed by atoms with Gasteiger partial charge in [-0.3, -0.25) is 4.79 Å². The number of alkyl carbamates (subject to hydrolysis) is 1. The van der Waals surface area contributed by atoms with E-state index in [-0.39, 0.29) is 24.6 Å². The molecule has 2 amide bonds. The smallest absolute Gasteiger partial charge is 0.407 e. The first kappa shape index (κ1) is 23.3. The number of amides is 2. The molecule has 0 bridgehead atoms. The van der Waals surface area contributed by atoms with Crippen molar-refractivity contribution in [2.45, 2.75) is 39.7 Å². The van der Waals surface area contributed by atoms with E-state index in [1.165, 1.54) is 0 Å². The van der Waals surface area contributed by atoms with Gasteiger partial charge in [-0.05, 0) is 69.5 Å². The number of benzene rings is 2. The molecule has 0 saturated heterocycles. The lowest BCUT2D eigenvalue weighted by Crippen LogP contribution is -2.38. The molecule has 0 unspecified atom stereocenters. The van der Waals surface area contributed by atoms with Gasteiger partial charge in [0.05, 0.1) is 6.33 Å². The Morgan fingerprint density at radius 1 is 1.22 bits per heavy atom. The van der Waals surface area contributed by atoms with Crippen molar-refractivity contribution in [3.63, 3.8) is 0 Å². The Kier molecular flexibility index (Phi) is 7.18. The number of aryl methyl sites for hydroxylation is 1. The maximum absolute atomic E-state index is 13.2. The molecule has 0 radical (unpaired) electrons. The Hall–Kier alpha value is -3.35. The summed E-state index contributed by atoms with van der Waals surface area (Å²) in [5.74, 6) is 0.496. The molecule has 1 heterocycles. The van der Waals surface area contributed by atoms with Crippen LogP contribution in [-0.4, -0.2) is 37.3 Å². The summed E-state index contributed by atoms with van der Waals surface area (Å²) < 4.78 is 24.1. The number of halogens is 1. The molecule has 3 rings (SSSR count). The second kappa shape index (κ2) is 9.85. The molecule has 0 aliphatic carbocycles. The molecule has 6 nitrogen and oxygen atoms in total. The predicted molar refractivity (Wildman–Crippen MR) is 122 cm³/mol. The zero-order valence-corrected chi connectivity index (χ0v) is 18.9. The van der Waals surface area contributed by atoms with Gasteiger partial charge in [-0.15, -0.1) is 0 Å². The molecule has 1 N–H and O–H groups in total. The van der Waals surface area contributed by atoms with Gasteiger partial charge in [-0.1, -0.05) is 18.2 Å². The van der Waals surface area contributed by atoms with E-state index in [1.54, 1.807) is 37.8 Å². The van der Waals surface area contributed by atoms with E-state index in [2.05, 4.69) is 5.32 Å². The Bertz CT molecular complexity index is 1030. The number of ether oxygens (including phenoxy) is 2. The summed E-state index contributed by atoms with van der Waals surface area (Å²) >= 11 is 0. The van der Waals surface area contributed by atoms with Crippen LogP contribution in [-0.2, 0) is 11.2 Å². The molecule has 1 aliphatic heterocycles. The van der Waals surface area contributed by atoms with Crippen molar-refractivity contribution in [1.82, 2.24) is 5.32 Å². The van der Waals surface area contributed by atoms with Gasteiger partial charge in [-0.25, -0.2) is 9.18 Å². The molecular weight excluding hydrogens is 411 g/mol. The lowest BCUT2D eigenvalue weighted by Gasteiger charge is -2.30. The van der Waals surface area contributed by atoms with E-state index in [4.69, 9.17) is 9.47 Å². The number of fused-ring (bicyclic) bond motifs is 1. The summed E-state index contributed by atoms with van der Waals surface area (Å²) in [7, 11) is 0. The van der Waals surface area contributed by atoms with Gasteiger partial charge in [0.15, 0.2) is 0 Å². The standard InChI is InChI=1S/C25H29FN2O4/c1-17-7-5-6-8-22(17)28-12-11-19-13-20(9-10-21(19)23(28)29)31-16-18(14-26)15-27-24(30)32-25(2,3)4/h5-10,13-14H,11-12,15-16H2,1-4H3,(H,27,30)/b18-14-. The lowest BCUT2D eigenvalue weighted by molar-refractivity contribution is 0.0531. The van der Waals surface area contributed by atoms with Crippen LogP contribution >= 0.6 is 0 Å². The first-order valence-corrected chi connectivity index (χ1v) is 10.6. The fourth-order valence-corrected chi connectivity index (χ4v) is 3.45. The first-order chi connectivity index (χ1) is 15.2. The number of carbonyl (C=O) groups excluding carboxylic acids is 2.